The van der Waals surface area contributed by atoms with Gasteiger partial charge in [-0.3, -0.25) is 4.79 Å². The normalized spacial score (nSPS) is 10.5. The number of para-hydroxylation sites is 2. The van der Waals surface area contributed by atoms with Gasteiger partial charge in [0.05, 0.1) is 32.7 Å². The van der Waals surface area contributed by atoms with E-state index in [2.05, 4.69) is 10.3 Å². The van der Waals surface area contributed by atoms with Crippen LogP contribution in [0.25, 0.3) is 6.08 Å². The van der Waals surface area contributed by atoms with E-state index in [1.165, 1.54) is 12.3 Å². The van der Waals surface area contributed by atoms with E-state index in [4.69, 9.17) is 18.9 Å². The molecule has 3 rings (SSSR count). The highest BCUT2D eigenvalue weighted by molar-refractivity contribution is 6.01. The number of hydrogen-bond acceptors (Lipinski definition) is 6. The molecule has 1 aromatic heterocycles. The van der Waals surface area contributed by atoms with Crippen molar-refractivity contribution < 1.29 is 23.7 Å². The molecular formula is C24H24N2O5. The molecule has 160 valence electrons. The Morgan fingerprint density at radius 1 is 0.968 bits per heavy atom. The van der Waals surface area contributed by atoms with Gasteiger partial charge in [-0.2, -0.15) is 0 Å². The predicted molar refractivity (Wildman–Crippen MR) is 119 cm³/mol. The van der Waals surface area contributed by atoms with E-state index in [0.29, 0.717) is 41.2 Å². The van der Waals surface area contributed by atoms with Crippen molar-refractivity contribution >= 4 is 17.7 Å². The number of methoxy groups -OCH3 is 2. The summed E-state index contributed by atoms with van der Waals surface area (Å²) in [6.07, 6.45) is 4.66. The van der Waals surface area contributed by atoms with Crippen LogP contribution in [-0.4, -0.2) is 31.7 Å². The molecule has 2 aromatic carbocycles. The van der Waals surface area contributed by atoms with Crippen molar-refractivity contribution in [2.45, 2.75) is 6.92 Å². The van der Waals surface area contributed by atoms with Crippen molar-refractivity contribution in [3.05, 3.63) is 72.4 Å². The first kappa shape index (κ1) is 21.7. The molecule has 0 radical (unpaired) electrons. The maximum absolute atomic E-state index is 12.2. The SMILES string of the molecule is CCOc1ccc(/C=C/C(=O)Nc2ccc(Oc3ccccc3OC)nc2)cc1OC. The van der Waals surface area contributed by atoms with Gasteiger partial charge in [-0.05, 0) is 48.9 Å². The minimum atomic E-state index is -0.284. The molecule has 7 nitrogen and oxygen atoms in total. The maximum Gasteiger partial charge on any atom is 0.248 e. The van der Waals surface area contributed by atoms with E-state index in [1.807, 2.05) is 31.2 Å². The lowest BCUT2D eigenvalue weighted by molar-refractivity contribution is -0.111. The van der Waals surface area contributed by atoms with E-state index in [1.54, 1.807) is 50.6 Å². The number of benzene rings is 2. The number of anilines is 1. The lowest BCUT2D eigenvalue weighted by Gasteiger charge is -2.10. The Balaban J connectivity index is 1.60. The number of hydrogen-bond donors (Lipinski definition) is 1. The highest BCUT2D eigenvalue weighted by Gasteiger charge is 2.07. The average Bonchev–Trinajstić information content (AvgIpc) is 2.80. The number of amides is 1. The van der Waals surface area contributed by atoms with Crippen LogP contribution in [0.2, 0.25) is 0 Å². The van der Waals surface area contributed by atoms with Gasteiger partial charge >= 0.3 is 0 Å². The fraction of sp³-hybridized carbons (Fsp3) is 0.167. The fourth-order valence-corrected chi connectivity index (χ4v) is 2.75. The molecule has 0 saturated carbocycles. The summed E-state index contributed by atoms with van der Waals surface area (Å²) < 4.78 is 21.8. The summed E-state index contributed by atoms with van der Waals surface area (Å²) >= 11 is 0. The molecule has 0 fully saturated rings. The molecule has 0 aliphatic rings. The first-order chi connectivity index (χ1) is 15.1. The number of rotatable bonds is 9. The van der Waals surface area contributed by atoms with E-state index in [0.717, 1.165) is 5.56 Å². The van der Waals surface area contributed by atoms with Gasteiger partial charge in [-0.15, -0.1) is 0 Å². The molecule has 0 aliphatic heterocycles. The van der Waals surface area contributed by atoms with Gasteiger partial charge in [-0.1, -0.05) is 18.2 Å². The molecule has 3 aromatic rings. The molecule has 0 spiro atoms. The first-order valence-corrected chi connectivity index (χ1v) is 9.69. The third-order valence-corrected chi connectivity index (χ3v) is 4.20. The summed E-state index contributed by atoms with van der Waals surface area (Å²) in [6.45, 7) is 2.45. The molecule has 0 atom stereocenters. The molecular weight excluding hydrogens is 396 g/mol. The molecule has 1 N–H and O–H groups in total. The van der Waals surface area contributed by atoms with Gasteiger partial charge in [0.1, 0.15) is 0 Å². The third-order valence-electron chi connectivity index (χ3n) is 4.20. The van der Waals surface area contributed by atoms with Crippen molar-refractivity contribution in [2.24, 2.45) is 0 Å². The van der Waals surface area contributed by atoms with Crippen LogP contribution < -0.4 is 24.3 Å². The molecule has 0 unspecified atom stereocenters. The lowest BCUT2D eigenvalue weighted by atomic mass is 10.2. The molecule has 0 aliphatic carbocycles. The molecule has 1 heterocycles. The Hall–Kier alpha value is -4.00. The van der Waals surface area contributed by atoms with Crippen molar-refractivity contribution in [3.8, 4) is 28.9 Å². The zero-order valence-corrected chi connectivity index (χ0v) is 17.6. The zero-order valence-electron chi connectivity index (χ0n) is 17.6. The average molecular weight is 420 g/mol. The van der Waals surface area contributed by atoms with E-state index in [9.17, 15) is 4.79 Å². The van der Waals surface area contributed by atoms with Gasteiger partial charge in [0.15, 0.2) is 23.0 Å². The standard InChI is InChI=1S/C24H24N2O5/c1-4-30-20-12-9-17(15-22(20)29-3)10-13-23(27)26-18-11-14-24(25-16-18)31-21-8-6-5-7-19(21)28-2/h5-16H,4H2,1-3H3,(H,26,27)/b13-10+. The van der Waals surface area contributed by atoms with E-state index < -0.39 is 0 Å². The second-order valence-corrected chi connectivity index (χ2v) is 6.30. The van der Waals surface area contributed by atoms with Crippen LogP contribution in [0.5, 0.6) is 28.9 Å². The van der Waals surface area contributed by atoms with Crippen molar-refractivity contribution in [2.75, 3.05) is 26.1 Å². The number of nitrogens with one attached hydrogen (secondary N) is 1. The number of ether oxygens (including phenoxy) is 4. The summed E-state index contributed by atoms with van der Waals surface area (Å²) in [5.41, 5.74) is 1.36. The van der Waals surface area contributed by atoms with Crippen LogP contribution in [-0.2, 0) is 4.79 Å². The van der Waals surface area contributed by atoms with Crippen LogP contribution in [0.4, 0.5) is 5.69 Å². The highest BCUT2D eigenvalue weighted by Crippen LogP contribution is 2.30. The summed E-state index contributed by atoms with van der Waals surface area (Å²) in [6, 6.07) is 16.1. The van der Waals surface area contributed by atoms with Gasteiger partial charge < -0.3 is 24.3 Å². The smallest absolute Gasteiger partial charge is 0.248 e. The third kappa shape index (κ3) is 5.99. The van der Waals surface area contributed by atoms with E-state index >= 15 is 0 Å². The Bertz CT molecular complexity index is 1050. The maximum atomic E-state index is 12.2. The molecule has 1 amide bonds. The van der Waals surface area contributed by atoms with Gasteiger partial charge in [0.2, 0.25) is 11.8 Å². The second-order valence-electron chi connectivity index (χ2n) is 6.30. The van der Waals surface area contributed by atoms with Crippen LogP contribution in [0.3, 0.4) is 0 Å². The summed E-state index contributed by atoms with van der Waals surface area (Å²) in [4.78, 5) is 16.5. The first-order valence-electron chi connectivity index (χ1n) is 9.69. The number of nitrogens with zero attached hydrogens (tertiary/aromatic N) is 1. The topological polar surface area (TPSA) is 78.9 Å². The van der Waals surface area contributed by atoms with Crippen LogP contribution in [0, 0.1) is 0 Å². The minimum absolute atomic E-state index is 0.284. The summed E-state index contributed by atoms with van der Waals surface area (Å²) in [5.74, 6) is 2.54. The van der Waals surface area contributed by atoms with Gasteiger partial charge in [-0.25, -0.2) is 4.98 Å². The van der Waals surface area contributed by atoms with Crippen molar-refractivity contribution in [1.82, 2.24) is 4.98 Å². The number of carbonyl (C=O) groups excluding carboxylic acids is 1. The number of aromatic nitrogens is 1. The fourth-order valence-electron chi connectivity index (χ4n) is 2.75. The van der Waals surface area contributed by atoms with E-state index in [-0.39, 0.29) is 5.91 Å². The Labute approximate surface area is 181 Å². The van der Waals surface area contributed by atoms with Crippen LogP contribution in [0.1, 0.15) is 12.5 Å². The van der Waals surface area contributed by atoms with Crippen LogP contribution in [0.15, 0.2) is 66.9 Å². The van der Waals surface area contributed by atoms with Gasteiger partial charge in [0, 0.05) is 12.1 Å². The Kier molecular flexibility index (Phi) is 7.48. The zero-order chi connectivity index (χ0) is 22.1. The molecule has 7 heteroatoms. The van der Waals surface area contributed by atoms with Crippen LogP contribution >= 0.6 is 0 Å². The number of pyridine rings is 1. The minimum Gasteiger partial charge on any atom is -0.493 e. The Morgan fingerprint density at radius 3 is 2.42 bits per heavy atom. The summed E-state index contributed by atoms with van der Waals surface area (Å²) in [5, 5.41) is 2.76. The molecule has 0 saturated heterocycles. The summed E-state index contributed by atoms with van der Waals surface area (Å²) in [7, 11) is 3.15. The predicted octanol–water partition coefficient (Wildman–Crippen LogP) is 4.94. The highest BCUT2D eigenvalue weighted by atomic mass is 16.5. The lowest BCUT2D eigenvalue weighted by Crippen LogP contribution is -2.08. The largest absolute Gasteiger partial charge is 0.493 e. The molecule has 31 heavy (non-hydrogen) atoms. The second kappa shape index (κ2) is 10.7. The van der Waals surface area contributed by atoms with Crippen molar-refractivity contribution in [1.29, 1.82) is 0 Å². The monoisotopic (exact) mass is 420 g/mol. The Morgan fingerprint density at radius 2 is 1.74 bits per heavy atom. The quantitative estimate of drug-likeness (QED) is 0.494. The van der Waals surface area contributed by atoms with Crippen molar-refractivity contribution in [3.63, 3.8) is 0 Å². The van der Waals surface area contributed by atoms with Gasteiger partial charge in [0.25, 0.3) is 0 Å². The molecule has 0 bridgehead atoms. The number of carbonyl (C=O) groups is 1.